The Morgan fingerprint density at radius 3 is 1.85 bits per heavy atom. The maximum absolute atomic E-state index is 12.4. The summed E-state index contributed by atoms with van der Waals surface area (Å²) < 4.78 is 0. The Hall–Kier alpha value is -3.54. The van der Waals surface area contributed by atoms with E-state index in [1.807, 2.05) is 19.9 Å². The molecule has 2 aromatic carbocycles. The Morgan fingerprint density at radius 2 is 1.30 bits per heavy atom. The van der Waals surface area contributed by atoms with Crippen molar-refractivity contribution in [2.45, 2.75) is 20.8 Å². The van der Waals surface area contributed by atoms with Crippen molar-refractivity contribution in [1.29, 1.82) is 0 Å². The lowest BCUT2D eigenvalue weighted by Crippen LogP contribution is -2.12. The molecule has 6 nitrogen and oxygen atoms in total. The smallest absolute Gasteiger partial charge is 0.255 e. The second-order valence-corrected chi connectivity index (χ2v) is 6.26. The average molecular weight is 360 g/mol. The van der Waals surface area contributed by atoms with Gasteiger partial charge in [0.05, 0.1) is 0 Å². The van der Waals surface area contributed by atoms with Crippen LogP contribution in [0.5, 0.6) is 0 Å². The Balaban J connectivity index is 1.67. The molecular formula is C21H20N4O2. The van der Waals surface area contributed by atoms with Gasteiger partial charge in [-0.1, -0.05) is 0 Å². The van der Waals surface area contributed by atoms with E-state index in [-0.39, 0.29) is 11.7 Å². The molecule has 2 N–H and O–H groups in total. The molecule has 0 unspecified atom stereocenters. The molecule has 0 radical (unpaired) electrons. The molecule has 136 valence electrons. The van der Waals surface area contributed by atoms with Crippen LogP contribution in [-0.2, 0) is 0 Å². The number of Topliss-reactive ketones (excluding diaryl/α,β-unsaturated/α-hetero) is 1. The molecule has 0 saturated carbocycles. The lowest BCUT2D eigenvalue weighted by molar-refractivity contribution is 0.101. The van der Waals surface area contributed by atoms with Crippen LogP contribution in [0.1, 0.15) is 39.0 Å². The lowest BCUT2D eigenvalue weighted by Gasteiger charge is -2.08. The van der Waals surface area contributed by atoms with Gasteiger partial charge in [-0.05, 0) is 75.4 Å². The minimum absolute atomic E-state index is 0.0104. The number of aryl methyl sites for hydroxylation is 2. The van der Waals surface area contributed by atoms with Gasteiger partial charge in [-0.3, -0.25) is 9.59 Å². The van der Waals surface area contributed by atoms with Gasteiger partial charge >= 0.3 is 0 Å². The lowest BCUT2D eigenvalue weighted by atomic mass is 10.1. The monoisotopic (exact) mass is 360 g/mol. The van der Waals surface area contributed by atoms with Crippen LogP contribution in [0.4, 0.5) is 17.3 Å². The number of carbonyl (C=O) groups is 2. The van der Waals surface area contributed by atoms with E-state index in [1.165, 1.54) is 6.92 Å². The SMILES string of the molecule is CC(=O)c1ccc(NC(=O)c2ccc(Nc3nc(C)cc(C)n3)cc2)cc1. The number of rotatable bonds is 5. The minimum Gasteiger partial charge on any atom is -0.324 e. The van der Waals surface area contributed by atoms with Crippen LogP contribution >= 0.6 is 0 Å². The predicted molar refractivity (Wildman–Crippen MR) is 106 cm³/mol. The zero-order valence-corrected chi connectivity index (χ0v) is 15.4. The molecular weight excluding hydrogens is 340 g/mol. The molecule has 1 heterocycles. The Morgan fingerprint density at radius 1 is 0.778 bits per heavy atom. The van der Waals surface area contributed by atoms with Gasteiger partial charge in [0.1, 0.15) is 0 Å². The van der Waals surface area contributed by atoms with Gasteiger partial charge in [-0.25, -0.2) is 9.97 Å². The predicted octanol–water partition coefficient (Wildman–Crippen LogP) is 4.29. The first-order valence-electron chi connectivity index (χ1n) is 8.52. The van der Waals surface area contributed by atoms with Gasteiger partial charge in [0.15, 0.2) is 5.78 Å². The number of ketones is 1. The van der Waals surface area contributed by atoms with Crippen molar-refractivity contribution in [3.05, 3.63) is 77.1 Å². The molecule has 0 fully saturated rings. The first-order chi connectivity index (χ1) is 12.9. The Kier molecular flexibility index (Phi) is 5.26. The van der Waals surface area contributed by atoms with Gasteiger partial charge in [0.2, 0.25) is 5.95 Å². The molecule has 1 amide bonds. The number of nitrogens with one attached hydrogen (secondary N) is 2. The fraction of sp³-hybridized carbons (Fsp3) is 0.143. The van der Waals surface area contributed by atoms with Crippen LogP contribution in [-0.4, -0.2) is 21.7 Å². The number of aromatic nitrogens is 2. The summed E-state index contributed by atoms with van der Waals surface area (Å²) >= 11 is 0. The molecule has 27 heavy (non-hydrogen) atoms. The fourth-order valence-corrected chi connectivity index (χ4v) is 2.61. The van der Waals surface area contributed by atoms with E-state index in [1.54, 1.807) is 48.5 Å². The normalized spacial score (nSPS) is 10.3. The van der Waals surface area contributed by atoms with E-state index < -0.39 is 0 Å². The van der Waals surface area contributed by atoms with Crippen molar-refractivity contribution in [3.8, 4) is 0 Å². The van der Waals surface area contributed by atoms with Crippen LogP contribution in [0.3, 0.4) is 0 Å². The number of benzene rings is 2. The quantitative estimate of drug-likeness (QED) is 0.663. The van der Waals surface area contributed by atoms with Crippen LogP contribution in [0, 0.1) is 13.8 Å². The minimum atomic E-state index is -0.222. The molecule has 6 heteroatoms. The molecule has 0 saturated heterocycles. The van der Waals surface area contributed by atoms with Gasteiger partial charge in [0.25, 0.3) is 5.91 Å². The summed E-state index contributed by atoms with van der Waals surface area (Å²) in [6, 6.07) is 15.8. The molecule has 3 rings (SSSR count). The summed E-state index contributed by atoms with van der Waals surface area (Å²) in [7, 11) is 0. The van der Waals surface area contributed by atoms with E-state index in [4.69, 9.17) is 0 Å². The molecule has 0 aliphatic rings. The second kappa shape index (κ2) is 7.78. The summed E-state index contributed by atoms with van der Waals surface area (Å²) in [5, 5.41) is 5.95. The zero-order valence-electron chi connectivity index (χ0n) is 15.4. The van der Waals surface area contributed by atoms with E-state index >= 15 is 0 Å². The standard InChI is InChI=1S/C21H20N4O2/c1-13-12-14(2)23-21(22-13)25-19-10-6-17(7-11-19)20(27)24-18-8-4-16(5-9-18)15(3)26/h4-12H,1-3H3,(H,24,27)(H,22,23,25). The summed E-state index contributed by atoms with van der Waals surface area (Å²) in [5.74, 6) is 0.291. The Labute approximate surface area is 157 Å². The second-order valence-electron chi connectivity index (χ2n) is 6.26. The number of carbonyl (C=O) groups excluding carboxylic acids is 2. The molecule has 1 aromatic heterocycles. The third-order valence-electron chi connectivity index (χ3n) is 3.93. The highest BCUT2D eigenvalue weighted by Crippen LogP contribution is 2.16. The molecule has 0 atom stereocenters. The number of anilines is 3. The Bertz CT molecular complexity index is 960. The first-order valence-corrected chi connectivity index (χ1v) is 8.52. The van der Waals surface area contributed by atoms with Crippen molar-refractivity contribution in [1.82, 2.24) is 9.97 Å². The van der Waals surface area contributed by atoms with Gasteiger partial charge < -0.3 is 10.6 Å². The molecule has 0 aliphatic heterocycles. The zero-order chi connectivity index (χ0) is 19.4. The topological polar surface area (TPSA) is 84.0 Å². The third-order valence-corrected chi connectivity index (χ3v) is 3.93. The van der Waals surface area contributed by atoms with E-state index in [9.17, 15) is 9.59 Å². The molecule has 0 spiro atoms. The van der Waals surface area contributed by atoms with E-state index in [0.29, 0.717) is 22.8 Å². The maximum atomic E-state index is 12.4. The molecule has 3 aromatic rings. The number of hydrogen-bond donors (Lipinski definition) is 2. The highest BCUT2D eigenvalue weighted by Gasteiger charge is 2.07. The number of nitrogens with zero attached hydrogens (tertiary/aromatic N) is 2. The highest BCUT2D eigenvalue weighted by molar-refractivity contribution is 6.04. The maximum Gasteiger partial charge on any atom is 0.255 e. The first kappa shape index (κ1) is 18.3. The highest BCUT2D eigenvalue weighted by atomic mass is 16.1. The van der Waals surface area contributed by atoms with Crippen LogP contribution in [0.15, 0.2) is 54.6 Å². The van der Waals surface area contributed by atoms with Crippen molar-refractivity contribution in [3.63, 3.8) is 0 Å². The third kappa shape index (κ3) is 4.76. The van der Waals surface area contributed by atoms with Gasteiger partial charge in [-0.15, -0.1) is 0 Å². The summed E-state index contributed by atoms with van der Waals surface area (Å²) in [6.45, 7) is 5.33. The van der Waals surface area contributed by atoms with Crippen molar-refractivity contribution < 1.29 is 9.59 Å². The molecule has 0 bridgehead atoms. The molecule has 0 aliphatic carbocycles. The van der Waals surface area contributed by atoms with Crippen LogP contribution in [0.25, 0.3) is 0 Å². The average Bonchev–Trinajstić information content (AvgIpc) is 2.62. The van der Waals surface area contributed by atoms with Gasteiger partial charge in [0, 0.05) is 33.9 Å². The van der Waals surface area contributed by atoms with Crippen LogP contribution in [0.2, 0.25) is 0 Å². The van der Waals surface area contributed by atoms with Crippen molar-refractivity contribution in [2.24, 2.45) is 0 Å². The van der Waals surface area contributed by atoms with Crippen molar-refractivity contribution in [2.75, 3.05) is 10.6 Å². The van der Waals surface area contributed by atoms with Crippen LogP contribution < -0.4 is 10.6 Å². The van der Waals surface area contributed by atoms with Crippen molar-refractivity contribution >= 4 is 29.0 Å². The number of amides is 1. The largest absolute Gasteiger partial charge is 0.324 e. The van der Waals surface area contributed by atoms with Gasteiger partial charge in [-0.2, -0.15) is 0 Å². The summed E-state index contributed by atoms with van der Waals surface area (Å²) in [6.07, 6.45) is 0. The fourth-order valence-electron chi connectivity index (χ4n) is 2.61. The van der Waals surface area contributed by atoms with E-state index in [2.05, 4.69) is 20.6 Å². The summed E-state index contributed by atoms with van der Waals surface area (Å²) in [4.78, 5) is 32.3. The number of hydrogen-bond acceptors (Lipinski definition) is 5. The summed E-state index contributed by atoms with van der Waals surface area (Å²) in [5.41, 5.74) is 4.33. The van der Waals surface area contributed by atoms with E-state index in [0.717, 1.165) is 17.1 Å².